The number of rotatable bonds is 1. The first-order valence-electron chi connectivity index (χ1n) is 7.95. The van der Waals surface area contributed by atoms with Crippen molar-refractivity contribution in [2.75, 3.05) is 18.2 Å². The molecule has 0 aliphatic carbocycles. The summed E-state index contributed by atoms with van der Waals surface area (Å²) in [7, 11) is -7.86. The van der Waals surface area contributed by atoms with Crippen LogP contribution in [-0.2, 0) is 23.8 Å². The van der Waals surface area contributed by atoms with E-state index in [2.05, 4.69) is 11.8 Å². The molecule has 1 aromatic carbocycles. The lowest BCUT2D eigenvalue weighted by Crippen LogP contribution is -2.53. The summed E-state index contributed by atoms with van der Waals surface area (Å²) in [5.74, 6) is 4.06. The molecule has 138 valence electrons. The molecule has 1 heterocycles. The van der Waals surface area contributed by atoms with Crippen LogP contribution in [0.2, 0.25) is 0 Å². The molecule has 25 heavy (non-hydrogen) atoms. The number of benzene rings is 1. The molecule has 1 saturated heterocycles. The van der Waals surface area contributed by atoms with Gasteiger partial charge in [0.2, 0.25) is 0 Å². The van der Waals surface area contributed by atoms with Gasteiger partial charge in [0.15, 0.2) is 30.4 Å². The zero-order chi connectivity index (χ0) is 19.1. The van der Waals surface area contributed by atoms with Crippen molar-refractivity contribution in [1.82, 2.24) is 0 Å². The molecule has 7 heteroatoms. The van der Waals surface area contributed by atoms with Crippen molar-refractivity contribution >= 4 is 19.7 Å². The van der Waals surface area contributed by atoms with Crippen LogP contribution < -0.4 is 0 Å². The maximum atomic E-state index is 13.0. The molecule has 1 fully saturated rings. The summed E-state index contributed by atoms with van der Waals surface area (Å²) >= 11 is 0. The minimum Gasteiger partial charge on any atom is -0.237 e. The molecule has 0 aromatic heterocycles. The largest absolute Gasteiger partial charge is 0.237 e. The quantitative estimate of drug-likeness (QED) is 0.697. The first-order chi connectivity index (χ1) is 11.3. The fourth-order valence-electron chi connectivity index (χ4n) is 2.94. The van der Waals surface area contributed by atoms with Gasteiger partial charge in [0, 0.05) is 5.56 Å². The number of halogens is 1. The van der Waals surface area contributed by atoms with E-state index in [1.54, 1.807) is 0 Å². The maximum Gasteiger partial charge on any atom is 0.195 e. The molecule has 1 aliphatic heterocycles. The highest BCUT2D eigenvalue weighted by atomic mass is 32.3. The van der Waals surface area contributed by atoms with Gasteiger partial charge in [0.1, 0.15) is 0 Å². The van der Waals surface area contributed by atoms with E-state index in [1.165, 1.54) is 31.2 Å². The second-order valence-corrected chi connectivity index (χ2v) is 12.6. The van der Waals surface area contributed by atoms with E-state index >= 15 is 0 Å². The molecular weight excluding hydrogens is 362 g/mol. The highest BCUT2D eigenvalue weighted by Crippen LogP contribution is 2.46. The van der Waals surface area contributed by atoms with E-state index < -0.39 is 41.8 Å². The lowest BCUT2D eigenvalue weighted by molar-refractivity contribution is 0.282. The van der Waals surface area contributed by atoms with E-state index in [-0.39, 0.29) is 17.1 Å². The summed E-state index contributed by atoms with van der Waals surface area (Å²) in [6.45, 7) is 6.03. The Bertz CT molecular complexity index is 876. The molecule has 0 amide bonds. The van der Waals surface area contributed by atoms with Crippen LogP contribution in [0.3, 0.4) is 0 Å². The summed E-state index contributed by atoms with van der Waals surface area (Å²) in [6.07, 6.45) is 0. The Balaban J connectivity index is 2.55. The molecular formula is C18H23FO4S2. The average Bonchev–Trinajstić information content (AvgIpc) is 2.49. The van der Waals surface area contributed by atoms with Gasteiger partial charge in [-0.3, -0.25) is 0 Å². The Morgan fingerprint density at radius 1 is 1.08 bits per heavy atom. The van der Waals surface area contributed by atoms with E-state index in [1.807, 2.05) is 20.8 Å². The summed E-state index contributed by atoms with van der Waals surface area (Å²) < 4.78 is 62.0. The van der Waals surface area contributed by atoms with Crippen LogP contribution in [0.1, 0.15) is 38.8 Å². The van der Waals surface area contributed by atoms with Crippen LogP contribution in [-0.4, -0.2) is 35.0 Å². The maximum absolute atomic E-state index is 13.0. The van der Waals surface area contributed by atoms with Gasteiger partial charge in [-0.15, -0.1) is 0 Å². The lowest BCUT2D eigenvalue weighted by Gasteiger charge is -2.41. The lowest BCUT2D eigenvalue weighted by atomic mass is 9.83. The van der Waals surface area contributed by atoms with Crippen LogP contribution in [0.15, 0.2) is 24.3 Å². The minimum atomic E-state index is -3.93. The first-order valence-corrected chi connectivity index (χ1v) is 11.3. The third kappa shape index (κ3) is 3.47. The van der Waals surface area contributed by atoms with Gasteiger partial charge in [0.05, 0.1) is 11.5 Å². The minimum absolute atomic E-state index is 0.171. The molecule has 1 aliphatic rings. The second kappa shape index (κ2) is 6.40. The van der Waals surface area contributed by atoms with E-state index in [0.29, 0.717) is 5.56 Å². The fourth-order valence-corrected chi connectivity index (χ4v) is 8.97. The van der Waals surface area contributed by atoms with Crippen molar-refractivity contribution in [3.05, 3.63) is 35.4 Å². The Morgan fingerprint density at radius 3 is 1.96 bits per heavy atom. The fraction of sp³-hybridized carbons (Fsp3) is 0.556. The molecule has 0 radical (unpaired) electrons. The van der Waals surface area contributed by atoms with Crippen LogP contribution in [0.5, 0.6) is 0 Å². The van der Waals surface area contributed by atoms with E-state index in [0.717, 1.165) is 0 Å². The Kier molecular flexibility index (Phi) is 5.10. The SMILES string of the molecule is CC(C)(C)C1CS(=O)(=O)C(C)(c2ccc(C#CC[18F])cc2)S(=O)(=O)C1. The Labute approximate surface area is 149 Å². The van der Waals surface area contributed by atoms with Crippen LogP contribution >= 0.6 is 0 Å². The third-order valence-electron chi connectivity index (χ3n) is 4.96. The van der Waals surface area contributed by atoms with Crippen molar-refractivity contribution in [2.45, 2.75) is 31.8 Å². The number of alkyl halides is 1. The Morgan fingerprint density at radius 2 is 1.56 bits per heavy atom. The molecule has 4 nitrogen and oxygen atoms in total. The van der Waals surface area contributed by atoms with E-state index in [4.69, 9.17) is 0 Å². The number of hydrogen-bond acceptors (Lipinski definition) is 4. The molecule has 0 unspecified atom stereocenters. The van der Waals surface area contributed by atoms with E-state index in [9.17, 15) is 21.2 Å². The topological polar surface area (TPSA) is 68.3 Å². The summed E-state index contributed by atoms with van der Waals surface area (Å²) in [6, 6.07) is 5.94. The summed E-state index contributed by atoms with van der Waals surface area (Å²) in [5.41, 5.74) is 0.279. The number of hydrogen-bond donors (Lipinski definition) is 0. The normalized spacial score (nSPS) is 28.0. The first kappa shape index (κ1) is 19.9. The van der Waals surface area contributed by atoms with Crippen LogP contribution in [0.25, 0.3) is 0 Å². The Hall–Kier alpha value is -1.39. The molecule has 1 aromatic rings. The molecule has 2 rings (SSSR count). The second-order valence-electron chi connectivity index (χ2n) is 7.58. The van der Waals surface area contributed by atoms with Crippen molar-refractivity contribution in [3.8, 4) is 11.8 Å². The van der Waals surface area contributed by atoms with Gasteiger partial charge < -0.3 is 0 Å². The van der Waals surface area contributed by atoms with Gasteiger partial charge >= 0.3 is 0 Å². The van der Waals surface area contributed by atoms with Crippen molar-refractivity contribution in [2.24, 2.45) is 11.3 Å². The van der Waals surface area contributed by atoms with Crippen LogP contribution in [0.4, 0.5) is 4.39 Å². The van der Waals surface area contributed by atoms with Gasteiger partial charge in [-0.1, -0.05) is 44.7 Å². The van der Waals surface area contributed by atoms with Gasteiger partial charge in [0.25, 0.3) is 0 Å². The van der Waals surface area contributed by atoms with Gasteiger partial charge in [-0.25, -0.2) is 21.2 Å². The molecule has 0 atom stereocenters. The predicted octanol–water partition coefficient (Wildman–Crippen LogP) is 2.69. The predicted molar refractivity (Wildman–Crippen MR) is 97.2 cm³/mol. The van der Waals surface area contributed by atoms with Crippen LogP contribution in [0, 0.1) is 23.2 Å². The molecule has 0 saturated carbocycles. The average molecular weight is 386 g/mol. The molecule has 0 bridgehead atoms. The monoisotopic (exact) mass is 385 g/mol. The highest BCUT2D eigenvalue weighted by Gasteiger charge is 2.58. The third-order valence-corrected chi connectivity index (χ3v) is 11.0. The number of sulfone groups is 2. The van der Waals surface area contributed by atoms with Crippen molar-refractivity contribution < 1.29 is 21.2 Å². The summed E-state index contributed by atoms with van der Waals surface area (Å²) in [5, 5.41) is 0. The highest BCUT2D eigenvalue weighted by molar-refractivity contribution is 8.10. The van der Waals surface area contributed by atoms with Crippen molar-refractivity contribution in [1.29, 1.82) is 0 Å². The zero-order valence-corrected chi connectivity index (χ0v) is 16.5. The van der Waals surface area contributed by atoms with Gasteiger partial charge in [-0.2, -0.15) is 0 Å². The summed E-state index contributed by atoms with van der Waals surface area (Å²) in [4.78, 5) is 0. The zero-order valence-electron chi connectivity index (χ0n) is 14.8. The standard InChI is InChI=1S/C18H23FO4S2/c1-17(2,3)16-12-24(20,21)18(4,25(22,23)13-16)15-9-7-14(8-10-15)6-5-11-19/h7-10,16H,11-13H2,1-4H3/i19-1. The molecule has 0 spiro atoms. The van der Waals surface area contributed by atoms with Crippen molar-refractivity contribution in [3.63, 3.8) is 0 Å². The smallest absolute Gasteiger partial charge is 0.195 e. The molecule has 0 N–H and O–H groups in total. The van der Waals surface area contributed by atoms with Gasteiger partial charge in [-0.05, 0) is 36.0 Å².